The van der Waals surface area contributed by atoms with Gasteiger partial charge >= 0.3 is 0 Å². The number of fused-ring (bicyclic) bond motifs is 1. The molecule has 2 aromatic heterocycles. The van der Waals surface area contributed by atoms with Crippen molar-refractivity contribution in [1.29, 1.82) is 0 Å². The van der Waals surface area contributed by atoms with Gasteiger partial charge in [-0.15, -0.1) is 0 Å². The standard InChI is InChI=1S/C21H31N5O2/c1-15(2)26-14-22-20-18(26)12-17(23-21(20)25-8-4-5-9-25)16-6-10-24(11-7-16)19(27)13-28-3/h12,14-16H,4-11,13H2,1-3H3. The van der Waals surface area contributed by atoms with E-state index in [1.54, 1.807) is 7.11 Å². The monoisotopic (exact) mass is 385 g/mol. The molecule has 7 heteroatoms. The van der Waals surface area contributed by atoms with Crippen LogP contribution in [0, 0.1) is 0 Å². The van der Waals surface area contributed by atoms with Crippen molar-refractivity contribution in [3.05, 3.63) is 18.1 Å². The molecule has 7 nitrogen and oxygen atoms in total. The Hall–Kier alpha value is -2.15. The number of ether oxygens (including phenoxy) is 1. The minimum absolute atomic E-state index is 0.0833. The topological polar surface area (TPSA) is 63.5 Å². The van der Waals surface area contributed by atoms with E-state index in [-0.39, 0.29) is 12.5 Å². The third-order valence-corrected chi connectivity index (χ3v) is 6.06. The van der Waals surface area contributed by atoms with Crippen LogP contribution in [0.2, 0.25) is 0 Å². The molecule has 0 aromatic carbocycles. The van der Waals surface area contributed by atoms with Gasteiger partial charge in [-0.3, -0.25) is 4.79 Å². The molecule has 0 atom stereocenters. The lowest BCUT2D eigenvalue weighted by Gasteiger charge is -2.32. The average Bonchev–Trinajstić information content (AvgIpc) is 3.37. The molecule has 4 heterocycles. The van der Waals surface area contributed by atoms with Gasteiger partial charge in [-0.25, -0.2) is 9.97 Å². The number of piperidine rings is 1. The fourth-order valence-corrected chi connectivity index (χ4v) is 4.44. The lowest BCUT2D eigenvalue weighted by atomic mass is 9.92. The smallest absolute Gasteiger partial charge is 0.248 e. The summed E-state index contributed by atoms with van der Waals surface area (Å²) in [5.74, 6) is 1.51. The Labute approximate surface area is 166 Å². The molecule has 0 saturated carbocycles. The van der Waals surface area contributed by atoms with E-state index < -0.39 is 0 Å². The molecular formula is C21H31N5O2. The van der Waals surface area contributed by atoms with Crippen LogP contribution in [-0.2, 0) is 9.53 Å². The Morgan fingerprint density at radius 2 is 1.93 bits per heavy atom. The highest BCUT2D eigenvalue weighted by molar-refractivity contribution is 5.87. The van der Waals surface area contributed by atoms with Crippen molar-refractivity contribution >= 4 is 22.8 Å². The Bertz CT molecular complexity index is 833. The molecule has 2 saturated heterocycles. The van der Waals surface area contributed by atoms with Crippen molar-refractivity contribution in [3.8, 4) is 0 Å². The second kappa shape index (κ2) is 8.07. The summed E-state index contributed by atoms with van der Waals surface area (Å²) >= 11 is 0. The zero-order chi connectivity index (χ0) is 19.7. The van der Waals surface area contributed by atoms with Crippen molar-refractivity contribution in [2.45, 2.75) is 51.5 Å². The van der Waals surface area contributed by atoms with Crippen LogP contribution in [0.25, 0.3) is 11.0 Å². The lowest BCUT2D eigenvalue weighted by molar-refractivity contribution is -0.136. The number of pyridine rings is 1. The number of imidazole rings is 1. The molecule has 28 heavy (non-hydrogen) atoms. The molecule has 0 unspecified atom stereocenters. The highest BCUT2D eigenvalue weighted by Crippen LogP contribution is 2.34. The number of amides is 1. The van der Waals surface area contributed by atoms with Crippen LogP contribution in [0.3, 0.4) is 0 Å². The molecule has 4 rings (SSSR count). The van der Waals surface area contributed by atoms with E-state index in [1.165, 1.54) is 18.4 Å². The molecule has 0 bridgehead atoms. The molecule has 152 valence electrons. The van der Waals surface area contributed by atoms with Gasteiger partial charge in [0.05, 0.1) is 11.8 Å². The molecule has 2 aliphatic rings. The van der Waals surface area contributed by atoms with E-state index in [2.05, 4.69) is 29.4 Å². The summed E-state index contributed by atoms with van der Waals surface area (Å²) in [5, 5.41) is 0. The van der Waals surface area contributed by atoms with Crippen LogP contribution >= 0.6 is 0 Å². The molecule has 0 aliphatic carbocycles. The van der Waals surface area contributed by atoms with Gasteiger partial charge in [-0.05, 0) is 45.6 Å². The predicted molar refractivity (Wildman–Crippen MR) is 110 cm³/mol. The number of rotatable bonds is 5. The number of hydrogen-bond acceptors (Lipinski definition) is 5. The maximum Gasteiger partial charge on any atom is 0.248 e. The van der Waals surface area contributed by atoms with Gasteiger partial charge in [0.15, 0.2) is 5.82 Å². The summed E-state index contributed by atoms with van der Waals surface area (Å²) in [6.07, 6.45) is 6.29. The number of carbonyl (C=O) groups is 1. The summed E-state index contributed by atoms with van der Waals surface area (Å²) < 4.78 is 7.24. The van der Waals surface area contributed by atoms with E-state index >= 15 is 0 Å². The number of aromatic nitrogens is 3. The third kappa shape index (κ3) is 3.60. The predicted octanol–water partition coefficient (Wildman–Crippen LogP) is 2.96. The largest absolute Gasteiger partial charge is 0.375 e. The third-order valence-electron chi connectivity index (χ3n) is 6.06. The zero-order valence-electron chi connectivity index (χ0n) is 17.2. The minimum atomic E-state index is 0.0833. The average molecular weight is 386 g/mol. The van der Waals surface area contributed by atoms with Gasteiger partial charge in [0.25, 0.3) is 0 Å². The van der Waals surface area contributed by atoms with E-state index in [0.717, 1.165) is 56.0 Å². The summed E-state index contributed by atoms with van der Waals surface area (Å²) in [7, 11) is 1.57. The number of nitrogens with zero attached hydrogens (tertiary/aromatic N) is 5. The Kier molecular flexibility index (Phi) is 5.53. The number of methoxy groups -OCH3 is 1. The molecule has 2 aliphatic heterocycles. The van der Waals surface area contributed by atoms with Crippen LogP contribution < -0.4 is 4.90 Å². The number of likely N-dealkylation sites (tertiary alicyclic amines) is 1. The summed E-state index contributed by atoms with van der Waals surface area (Å²) in [5.41, 5.74) is 3.35. The van der Waals surface area contributed by atoms with E-state index in [0.29, 0.717) is 12.0 Å². The first kappa shape index (κ1) is 19.2. The van der Waals surface area contributed by atoms with Gasteiger partial charge in [-0.2, -0.15) is 0 Å². The summed E-state index contributed by atoms with van der Waals surface area (Å²) in [4.78, 5) is 26.2. The van der Waals surface area contributed by atoms with Crippen LogP contribution in [0.15, 0.2) is 12.4 Å². The highest BCUT2D eigenvalue weighted by atomic mass is 16.5. The van der Waals surface area contributed by atoms with Crippen LogP contribution in [0.1, 0.15) is 57.2 Å². The Morgan fingerprint density at radius 1 is 1.21 bits per heavy atom. The first-order chi connectivity index (χ1) is 13.6. The van der Waals surface area contributed by atoms with E-state index in [9.17, 15) is 4.79 Å². The van der Waals surface area contributed by atoms with Crippen molar-refractivity contribution < 1.29 is 9.53 Å². The van der Waals surface area contributed by atoms with Gasteiger partial charge in [-0.1, -0.05) is 0 Å². The first-order valence-corrected chi connectivity index (χ1v) is 10.5. The second-order valence-corrected chi connectivity index (χ2v) is 8.27. The Morgan fingerprint density at radius 3 is 2.57 bits per heavy atom. The first-order valence-electron chi connectivity index (χ1n) is 10.5. The fraction of sp³-hybridized carbons (Fsp3) is 0.667. The summed E-state index contributed by atoms with van der Waals surface area (Å²) in [6, 6.07) is 2.60. The van der Waals surface area contributed by atoms with Crippen molar-refractivity contribution in [2.24, 2.45) is 0 Å². The van der Waals surface area contributed by atoms with Crippen molar-refractivity contribution in [2.75, 3.05) is 44.8 Å². The van der Waals surface area contributed by atoms with Gasteiger partial charge in [0, 0.05) is 50.9 Å². The quantitative estimate of drug-likeness (QED) is 0.792. The molecule has 0 spiro atoms. The second-order valence-electron chi connectivity index (χ2n) is 8.27. The minimum Gasteiger partial charge on any atom is -0.375 e. The normalized spacial score (nSPS) is 18.6. The van der Waals surface area contributed by atoms with Gasteiger partial charge < -0.3 is 19.1 Å². The van der Waals surface area contributed by atoms with Gasteiger partial charge in [0.2, 0.25) is 5.91 Å². The molecule has 1 amide bonds. The van der Waals surface area contributed by atoms with Crippen LogP contribution in [0.5, 0.6) is 0 Å². The maximum absolute atomic E-state index is 12.1. The Balaban J connectivity index is 1.64. The van der Waals surface area contributed by atoms with Crippen LogP contribution in [0.4, 0.5) is 5.82 Å². The van der Waals surface area contributed by atoms with Crippen molar-refractivity contribution in [1.82, 2.24) is 19.4 Å². The molecule has 2 aromatic rings. The number of carbonyl (C=O) groups excluding carboxylic acids is 1. The van der Waals surface area contributed by atoms with Crippen molar-refractivity contribution in [3.63, 3.8) is 0 Å². The number of hydrogen-bond donors (Lipinski definition) is 0. The molecule has 0 radical (unpaired) electrons. The fourth-order valence-electron chi connectivity index (χ4n) is 4.44. The molecular weight excluding hydrogens is 354 g/mol. The summed E-state index contributed by atoms with van der Waals surface area (Å²) in [6.45, 7) is 8.22. The maximum atomic E-state index is 12.1. The van der Waals surface area contributed by atoms with Crippen LogP contribution in [-0.4, -0.2) is 65.2 Å². The van der Waals surface area contributed by atoms with E-state index in [4.69, 9.17) is 14.7 Å². The zero-order valence-corrected chi connectivity index (χ0v) is 17.2. The highest BCUT2D eigenvalue weighted by Gasteiger charge is 2.27. The molecule has 2 fully saturated rings. The number of anilines is 1. The van der Waals surface area contributed by atoms with Gasteiger partial charge in [0.1, 0.15) is 12.1 Å². The lowest BCUT2D eigenvalue weighted by Crippen LogP contribution is -2.40. The molecule has 0 N–H and O–H groups in total. The van der Waals surface area contributed by atoms with E-state index in [1.807, 2.05) is 11.2 Å². The SMILES string of the molecule is COCC(=O)N1CCC(c2cc3c(ncn3C(C)C)c(N3CCCC3)n2)CC1.